The topological polar surface area (TPSA) is 127 Å². The third-order valence-electron chi connectivity index (χ3n) is 4.26. The van der Waals surface area contributed by atoms with E-state index in [1.165, 1.54) is 10.5 Å². The molecule has 0 N–H and O–H groups in total. The first-order valence-electron chi connectivity index (χ1n) is 8.69. The molecule has 2 rings (SSSR count). The van der Waals surface area contributed by atoms with Gasteiger partial charge in [-0.2, -0.15) is 0 Å². The number of nitrogens with zero attached hydrogens (tertiary/aromatic N) is 7. The molecular formula is C17H23N7O2S. The molecule has 1 aliphatic heterocycles. The molecule has 0 aromatic heterocycles. The number of carbonyl (C=O) groups is 1. The molecule has 0 spiro atoms. The van der Waals surface area contributed by atoms with Crippen LogP contribution in [0.1, 0.15) is 25.3 Å². The average molecular weight is 389 g/mol. The van der Waals surface area contributed by atoms with E-state index >= 15 is 0 Å². The van der Waals surface area contributed by atoms with Crippen molar-refractivity contribution >= 4 is 17.9 Å². The number of thioether (sulfide) groups is 1. The van der Waals surface area contributed by atoms with Gasteiger partial charge in [-0.05, 0) is 49.9 Å². The number of azide groups is 2. The zero-order chi connectivity index (χ0) is 19.7. The lowest BCUT2D eigenvalue weighted by molar-refractivity contribution is 0.0104. The number of hydrogen-bond donors (Lipinski definition) is 0. The van der Waals surface area contributed by atoms with E-state index in [1.807, 2.05) is 11.8 Å². The van der Waals surface area contributed by atoms with Crippen LogP contribution in [0.2, 0.25) is 0 Å². The molecular weight excluding hydrogens is 366 g/mol. The first-order chi connectivity index (χ1) is 13.0. The number of carbonyl (C=O) groups excluding carboxylic acids is 1. The molecule has 9 nitrogen and oxygen atoms in total. The maximum absolute atomic E-state index is 12.5. The number of ether oxygens (including phenoxy) is 1. The van der Waals surface area contributed by atoms with Gasteiger partial charge in [-0.3, -0.25) is 0 Å². The number of piperidine rings is 1. The SMILES string of the molecule is Cc1cccc(SC2CCN(C(=O)OC(C)(CN=[N+]=[N-])CN=[N+]=[N-])CC2)c1. The molecule has 1 aliphatic rings. The first-order valence-corrected chi connectivity index (χ1v) is 9.57. The summed E-state index contributed by atoms with van der Waals surface area (Å²) >= 11 is 1.84. The van der Waals surface area contributed by atoms with Crippen LogP contribution in [0.15, 0.2) is 39.4 Å². The highest BCUT2D eigenvalue weighted by Gasteiger charge is 2.32. The Morgan fingerprint density at radius 3 is 2.48 bits per heavy atom. The van der Waals surface area contributed by atoms with Gasteiger partial charge in [0.2, 0.25) is 0 Å². The Bertz CT molecular complexity index is 731. The summed E-state index contributed by atoms with van der Waals surface area (Å²) in [4.78, 5) is 20.7. The van der Waals surface area contributed by atoms with Crippen LogP contribution >= 0.6 is 11.8 Å². The normalized spacial score (nSPS) is 16.6. The third kappa shape index (κ3) is 6.60. The van der Waals surface area contributed by atoms with Crippen molar-refractivity contribution in [2.24, 2.45) is 10.2 Å². The van der Waals surface area contributed by atoms with Gasteiger partial charge < -0.3 is 9.64 Å². The third-order valence-corrected chi connectivity index (χ3v) is 5.59. The van der Waals surface area contributed by atoms with Crippen LogP contribution in [0.3, 0.4) is 0 Å². The van der Waals surface area contributed by atoms with Gasteiger partial charge in [0.05, 0.1) is 13.1 Å². The molecule has 10 heteroatoms. The lowest BCUT2D eigenvalue weighted by atomic mass is 10.1. The van der Waals surface area contributed by atoms with E-state index in [9.17, 15) is 4.79 Å². The van der Waals surface area contributed by atoms with Gasteiger partial charge in [0.15, 0.2) is 0 Å². The molecule has 0 unspecified atom stereocenters. The van der Waals surface area contributed by atoms with Crippen LogP contribution < -0.4 is 0 Å². The second-order valence-corrected chi connectivity index (χ2v) is 8.09. The second-order valence-electron chi connectivity index (χ2n) is 6.72. The van der Waals surface area contributed by atoms with Gasteiger partial charge in [-0.15, -0.1) is 11.8 Å². The van der Waals surface area contributed by atoms with E-state index in [4.69, 9.17) is 15.8 Å². The lowest BCUT2D eigenvalue weighted by Crippen LogP contribution is -2.46. The van der Waals surface area contributed by atoms with Crippen molar-refractivity contribution in [3.05, 3.63) is 50.7 Å². The number of rotatable bonds is 7. The van der Waals surface area contributed by atoms with Gasteiger partial charge in [0, 0.05) is 33.1 Å². The molecule has 1 aromatic rings. The fraction of sp³-hybridized carbons (Fsp3) is 0.588. The highest BCUT2D eigenvalue weighted by Crippen LogP contribution is 2.31. The summed E-state index contributed by atoms with van der Waals surface area (Å²) in [7, 11) is 0. The zero-order valence-electron chi connectivity index (χ0n) is 15.5. The van der Waals surface area contributed by atoms with Crippen LogP contribution in [-0.2, 0) is 4.74 Å². The monoisotopic (exact) mass is 389 g/mol. The Morgan fingerprint density at radius 1 is 1.30 bits per heavy atom. The van der Waals surface area contributed by atoms with Crippen molar-refractivity contribution in [2.75, 3.05) is 26.2 Å². The minimum atomic E-state index is -1.15. The molecule has 144 valence electrons. The largest absolute Gasteiger partial charge is 0.443 e. The molecule has 0 saturated carbocycles. The molecule has 0 aliphatic carbocycles. The van der Waals surface area contributed by atoms with Gasteiger partial charge in [0.25, 0.3) is 0 Å². The molecule has 1 heterocycles. The number of likely N-dealkylation sites (tertiary alicyclic amines) is 1. The molecule has 27 heavy (non-hydrogen) atoms. The van der Waals surface area contributed by atoms with Crippen LogP contribution in [0.25, 0.3) is 20.9 Å². The Kier molecular flexibility index (Phi) is 7.67. The quantitative estimate of drug-likeness (QED) is 0.367. The van der Waals surface area contributed by atoms with Crippen molar-refractivity contribution in [1.29, 1.82) is 0 Å². The number of benzene rings is 1. The smallest absolute Gasteiger partial charge is 0.410 e. The standard InChI is InChI=1S/C17H23N7O2S/c1-13-4-3-5-15(10-13)27-14-6-8-24(9-7-14)16(25)26-17(2,11-20-22-18)12-21-23-19/h3-5,10,14H,6-9,11-12H2,1-2H3. The number of aryl methyl sites for hydroxylation is 1. The van der Waals surface area contributed by atoms with Crippen molar-refractivity contribution in [3.8, 4) is 0 Å². The fourth-order valence-corrected chi connectivity index (χ4v) is 4.03. The van der Waals surface area contributed by atoms with Crippen molar-refractivity contribution in [1.82, 2.24) is 4.90 Å². The van der Waals surface area contributed by atoms with Crippen LogP contribution in [0, 0.1) is 6.92 Å². The summed E-state index contributed by atoms with van der Waals surface area (Å²) in [5.41, 5.74) is 17.1. The average Bonchev–Trinajstić information content (AvgIpc) is 2.65. The van der Waals surface area contributed by atoms with E-state index in [0.29, 0.717) is 18.3 Å². The van der Waals surface area contributed by atoms with E-state index in [2.05, 4.69) is 51.2 Å². The Hall–Kier alpha value is -2.54. The van der Waals surface area contributed by atoms with Gasteiger partial charge in [-0.25, -0.2) is 4.79 Å². The molecule has 0 radical (unpaired) electrons. The van der Waals surface area contributed by atoms with Gasteiger partial charge in [0.1, 0.15) is 5.60 Å². The predicted octanol–water partition coefficient (Wildman–Crippen LogP) is 5.07. The Morgan fingerprint density at radius 2 is 1.93 bits per heavy atom. The summed E-state index contributed by atoms with van der Waals surface area (Å²) in [5.74, 6) is 0. The minimum Gasteiger partial charge on any atom is -0.443 e. The number of amides is 1. The second kappa shape index (κ2) is 9.97. The first kappa shape index (κ1) is 20.8. The lowest BCUT2D eigenvalue weighted by Gasteiger charge is -2.34. The van der Waals surface area contributed by atoms with Crippen molar-refractivity contribution in [2.45, 2.75) is 42.4 Å². The molecule has 0 atom stereocenters. The van der Waals surface area contributed by atoms with Crippen molar-refractivity contribution in [3.63, 3.8) is 0 Å². The summed E-state index contributed by atoms with van der Waals surface area (Å²) in [5, 5.41) is 7.37. The summed E-state index contributed by atoms with van der Waals surface area (Å²) in [6.45, 7) is 4.69. The van der Waals surface area contributed by atoms with E-state index in [1.54, 1.807) is 11.8 Å². The van der Waals surface area contributed by atoms with Gasteiger partial charge >= 0.3 is 6.09 Å². The summed E-state index contributed by atoms with van der Waals surface area (Å²) in [6.07, 6.45) is 1.27. The summed E-state index contributed by atoms with van der Waals surface area (Å²) < 4.78 is 5.50. The maximum Gasteiger partial charge on any atom is 0.410 e. The highest BCUT2D eigenvalue weighted by molar-refractivity contribution is 8.00. The molecule has 0 bridgehead atoms. The molecule has 1 saturated heterocycles. The minimum absolute atomic E-state index is 0.0894. The van der Waals surface area contributed by atoms with E-state index in [0.717, 1.165) is 12.8 Å². The highest BCUT2D eigenvalue weighted by atomic mass is 32.2. The Balaban J connectivity index is 1.89. The fourth-order valence-electron chi connectivity index (χ4n) is 2.79. The van der Waals surface area contributed by atoms with Gasteiger partial charge in [-0.1, -0.05) is 27.9 Å². The van der Waals surface area contributed by atoms with Crippen LogP contribution in [0.5, 0.6) is 0 Å². The maximum atomic E-state index is 12.5. The number of hydrogen-bond acceptors (Lipinski definition) is 5. The van der Waals surface area contributed by atoms with Crippen molar-refractivity contribution < 1.29 is 9.53 Å². The predicted molar refractivity (Wildman–Crippen MR) is 105 cm³/mol. The van der Waals surface area contributed by atoms with Crippen LogP contribution in [-0.4, -0.2) is 48.0 Å². The molecule has 1 amide bonds. The van der Waals surface area contributed by atoms with E-state index < -0.39 is 11.7 Å². The van der Waals surface area contributed by atoms with E-state index in [-0.39, 0.29) is 13.1 Å². The molecule has 1 fully saturated rings. The Labute approximate surface area is 162 Å². The summed E-state index contributed by atoms with van der Waals surface area (Å²) in [6, 6.07) is 8.40. The zero-order valence-corrected chi connectivity index (χ0v) is 16.3. The van der Waals surface area contributed by atoms with Crippen LogP contribution in [0.4, 0.5) is 4.79 Å². The molecule has 1 aromatic carbocycles.